The Bertz CT molecular complexity index is 1420. The topological polar surface area (TPSA) is 102 Å². The van der Waals surface area contributed by atoms with Crippen molar-refractivity contribution in [2.45, 2.75) is 65.7 Å². The van der Waals surface area contributed by atoms with Crippen LogP contribution in [0.2, 0.25) is 0 Å². The molecule has 0 spiro atoms. The molecule has 3 rings (SSSR count). The van der Waals surface area contributed by atoms with Gasteiger partial charge in [0.2, 0.25) is 0 Å². The molecule has 0 unspecified atom stereocenters. The van der Waals surface area contributed by atoms with Crippen molar-refractivity contribution in [3.05, 3.63) is 102 Å². The number of carbonyl (C=O) groups excluding carboxylic acids is 2. The Morgan fingerprint density at radius 2 is 1.15 bits per heavy atom. The molecule has 3 aromatic carbocycles. The summed E-state index contributed by atoms with van der Waals surface area (Å²) in [4.78, 5) is 24.0. The summed E-state index contributed by atoms with van der Waals surface area (Å²) in [5.41, 5.74) is 6.34. The van der Waals surface area contributed by atoms with Gasteiger partial charge >= 0.3 is 11.9 Å². The largest absolute Gasteiger partial charge is 0.493 e. The van der Waals surface area contributed by atoms with Gasteiger partial charge in [-0.3, -0.25) is 0 Å². The summed E-state index contributed by atoms with van der Waals surface area (Å²) >= 11 is 0. The van der Waals surface area contributed by atoms with E-state index in [4.69, 9.17) is 14.2 Å². The average molecular weight is 643 g/mol. The van der Waals surface area contributed by atoms with Crippen LogP contribution >= 0.6 is 0 Å². The number of aliphatic hydroxyl groups is 2. The second kappa shape index (κ2) is 18.8. The molecule has 0 aliphatic heterocycles. The van der Waals surface area contributed by atoms with Crippen LogP contribution in [0.5, 0.6) is 5.75 Å². The molecule has 0 fully saturated rings. The Balaban J connectivity index is 1.97. The highest BCUT2D eigenvalue weighted by Crippen LogP contribution is 2.35. The molecule has 0 atom stereocenters. The molecule has 0 amide bonds. The van der Waals surface area contributed by atoms with Crippen LogP contribution < -0.4 is 4.74 Å². The van der Waals surface area contributed by atoms with Gasteiger partial charge in [0.1, 0.15) is 5.75 Å². The number of esters is 2. The van der Waals surface area contributed by atoms with Crippen molar-refractivity contribution in [3.63, 3.8) is 0 Å². The fourth-order valence-electron chi connectivity index (χ4n) is 5.46. The van der Waals surface area contributed by atoms with Gasteiger partial charge in [0, 0.05) is 16.6 Å². The molecule has 252 valence electrons. The Morgan fingerprint density at radius 1 is 0.681 bits per heavy atom. The van der Waals surface area contributed by atoms with Gasteiger partial charge < -0.3 is 24.4 Å². The monoisotopic (exact) mass is 642 g/mol. The van der Waals surface area contributed by atoms with Crippen molar-refractivity contribution in [1.82, 2.24) is 0 Å². The maximum Gasteiger partial charge on any atom is 0.333 e. The molecule has 2 N–H and O–H groups in total. The van der Waals surface area contributed by atoms with Gasteiger partial charge in [0.05, 0.1) is 33.0 Å². The predicted molar refractivity (Wildman–Crippen MR) is 187 cm³/mol. The quantitative estimate of drug-likeness (QED) is 0.0741. The zero-order chi connectivity index (χ0) is 34.2. The summed E-state index contributed by atoms with van der Waals surface area (Å²) in [7, 11) is 0. The lowest BCUT2D eigenvalue weighted by Gasteiger charge is -2.30. The van der Waals surface area contributed by atoms with Crippen LogP contribution in [0.4, 0.5) is 0 Å². The summed E-state index contributed by atoms with van der Waals surface area (Å²) < 4.78 is 17.3. The molecule has 0 saturated carbocycles. The summed E-state index contributed by atoms with van der Waals surface area (Å²) in [6, 6.07) is 22.9. The van der Waals surface area contributed by atoms with E-state index in [9.17, 15) is 19.8 Å². The second-order valence-electron chi connectivity index (χ2n) is 12.3. The van der Waals surface area contributed by atoms with E-state index >= 15 is 0 Å². The van der Waals surface area contributed by atoms with Crippen LogP contribution in [-0.2, 0) is 31.9 Å². The van der Waals surface area contributed by atoms with Gasteiger partial charge in [-0.15, -0.1) is 0 Å². The van der Waals surface area contributed by atoms with Gasteiger partial charge in [-0.05, 0) is 97.9 Å². The van der Waals surface area contributed by atoms with Gasteiger partial charge in [-0.1, -0.05) is 81.1 Å². The number of aryl methyl sites for hydroxylation is 2. The maximum atomic E-state index is 12.0. The lowest BCUT2D eigenvalue weighted by atomic mass is 9.82. The minimum Gasteiger partial charge on any atom is -0.493 e. The third-order valence-corrected chi connectivity index (χ3v) is 8.24. The zero-order valence-corrected chi connectivity index (χ0v) is 28.2. The van der Waals surface area contributed by atoms with E-state index < -0.39 is 17.4 Å². The van der Waals surface area contributed by atoms with E-state index in [0.717, 1.165) is 45.6 Å². The molecule has 0 aromatic heterocycles. The van der Waals surface area contributed by atoms with Gasteiger partial charge in [-0.2, -0.15) is 0 Å². The normalized spacial score (nSPS) is 11.2. The molecule has 0 bridgehead atoms. The van der Waals surface area contributed by atoms with Crippen LogP contribution in [0, 0.1) is 5.41 Å². The number of aliphatic hydroxyl groups excluding tert-OH is 2. The predicted octanol–water partition coefficient (Wildman–Crippen LogP) is 7.66. The molecule has 0 radical (unpaired) electrons. The summed E-state index contributed by atoms with van der Waals surface area (Å²) in [5, 5.41) is 20.2. The van der Waals surface area contributed by atoms with Crippen molar-refractivity contribution in [2.75, 3.05) is 33.0 Å². The van der Waals surface area contributed by atoms with Crippen LogP contribution in [-0.4, -0.2) is 55.2 Å². The first-order valence-electron chi connectivity index (χ1n) is 16.4. The molecule has 0 aliphatic rings. The standard InChI is InChI=1S/C40H50O7/c1-6-20-40(27-41,28-42)21-24-45-37-34(14-10-22-46-38(43)29(2)3)25-36(26-35(37)15-11-23-47-39(44)30(4)5)33-18-16-32(17-19-33)31-12-8-7-9-13-31/h7-9,12-13,16-19,25-26,41-42H,2,4,6,10-11,14-15,20-24,27-28H2,1,3,5H3. The lowest BCUT2D eigenvalue weighted by Crippen LogP contribution is -2.31. The van der Waals surface area contributed by atoms with E-state index in [0.29, 0.717) is 56.3 Å². The highest BCUT2D eigenvalue weighted by molar-refractivity contribution is 5.87. The summed E-state index contributed by atoms with van der Waals surface area (Å²) in [5.74, 6) is -0.105. The van der Waals surface area contributed by atoms with Crippen LogP contribution in [0.1, 0.15) is 64.0 Å². The minimum absolute atomic E-state index is 0.124. The number of hydrogen-bond acceptors (Lipinski definition) is 7. The lowest BCUT2D eigenvalue weighted by molar-refractivity contribution is -0.139. The van der Waals surface area contributed by atoms with E-state index in [1.54, 1.807) is 13.8 Å². The van der Waals surface area contributed by atoms with Gasteiger partial charge in [-0.25, -0.2) is 9.59 Å². The molecule has 7 nitrogen and oxygen atoms in total. The first-order valence-corrected chi connectivity index (χ1v) is 16.4. The molecule has 7 heteroatoms. The number of rotatable bonds is 20. The molecule has 0 aliphatic carbocycles. The van der Waals surface area contributed by atoms with Crippen LogP contribution in [0.3, 0.4) is 0 Å². The van der Waals surface area contributed by atoms with Crippen molar-refractivity contribution in [3.8, 4) is 28.0 Å². The van der Waals surface area contributed by atoms with Crippen molar-refractivity contribution in [1.29, 1.82) is 0 Å². The van der Waals surface area contributed by atoms with E-state index in [2.05, 4.69) is 61.7 Å². The van der Waals surface area contributed by atoms with Gasteiger partial charge in [0.25, 0.3) is 0 Å². The highest BCUT2D eigenvalue weighted by Gasteiger charge is 2.28. The third kappa shape index (κ3) is 11.2. The number of benzene rings is 3. The Morgan fingerprint density at radius 3 is 1.60 bits per heavy atom. The minimum atomic E-state index is -0.622. The molecular formula is C40H50O7. The Hall–Kier alpha value is -4.20. The maximum absolute atomic E-state index is 12.0. The van der Waals surface area contributed by atoms with E-state index in [1.807, 2.05) is 25.1 Å². The number of carbonyl (C=O) groups is 2. The van der Waals surface area contributed by atoms with Crippen molar-refractivity contribution < 1.29 is 34.0 Å². The summed E-state index contributed by atoms with van der Waals surface area (Å²) in [6.07, 6.45) is 4.34. The second-order valence-corrected chi connectivity index (χ2v) is 12.3. The van der Waals surface area contributed by atoms with E-state index in [1.165, 1.54) is 0 Å². The first-order chi connectivity index (χ1) is 22.6. The van der Waals surface area contributed by atoms with E-state index in [-0.39, 0.29) is 26.4 Å². The van der Waals surface area contributed by atoms with Crippen LogP contribution in [0.25, 0.3) is 22.3 Å². The molecule has 3 aromatic rings. The highest BCUT2D eigenvalue weighted by atomic mass is 16.5. The number of hydrogen-bond donors (Lipinski definition) is 2. The Labute approximate surface area is 279 Å². The first kappa shape index (κ1) is 37.3. The van der Waals surface area contributed by atoms with Crippen molar-refractivity contribution in [2.24, 2.45) is 5.41 Å². The molecule has 0 saturated heterocycles. The van der Waals surface area contributed by atoms with Crippen molar-refractivity contribution >= 4 is 11.9 Å². The molecule has 47 heavy (non-hydrogen) atoms. The SMILES string of the molecule is C=C(C)C(=O)OCCCc1cc(-c2ccc(-c3ccccc3)cc2)cc(CCCOC(=O)C(=C)C)c1OCCC(CO)(CO)CCC. The van der Waals surface area contributed by atoms with Gasteiger partial charge in [0.15, 0.2) is 0 Å². The number of ether oxygens (including phenoxy) is 3. The summed E-state index contributed by atoms with van der Waals surface area (Å²) in [6.45, 7) is 13.1. The average Bonchev–Trinajstić information content (AvgIpc) is 3.08. The zero-order valence-electron chi connectivity index (χ0n) is 28.2. The fraction of sp³-hybridized carbons (Fsp3) is 0.400. The smallest absolute Gasteiger partial charge is 0.333 e. The third-order valence-electron chi connectivity index (χ3n) is 8.24. The Kier molecular flexibility index (Phi) is 14.9. The molecular weight excluding hydrogens is 592 g/mol. The molecule has 0 heterocycles. The fourth-order valence-corrected chi connectivity index (χ4v) is 5.46. The van der Waals surface area contributed by atoms with Crippen LogP contribution in [0.15, 0.2) is 91.0 Å².